The standard InChI is InChI=1S/C15H18N4O5S2/c1-9(15(21)22)16-14(20)10-4-3-7-19(8-10)26(23,24)12-6-2-5-11-13(12)18-25-17-11/h2,5-6,9-10H,3-4,7-8H2,1H3,(H,16,20)(H,21,22)/t9-,10?/m0/s1. The van der Waals surface area contributed by atoms with Gasteiger partial charge in [-0.1, -0.05) is 6.07 Å². The van der Waals surface area contributed by atoms with E-state index in [-0.39, 0.29) is 11.4 Å². The Morgan fingerprint density at radius 3 is 2.88 bits per heavy atom. The van der Waals surface area contributed by atoms with E-state index in [9.17, 15) is 18.0 Å². The highest BCUT2D eigenvalue weighted by Crippen LogP contribution is 2.28. The van der Waals surface area contributed by atoms with E-state index in [0.29, 0.717) is 30.4 Å². The van der Waals surface area contributed by atoms with Gasteiger partial charge < -0.3 is 10.4 Å². The first-order chi connectivity index (χ1) is 12.3. The van der Waals surface area contributed by atoms with Gasteiger partial charge in [-0.05, 0) is 31.9 Å². The Morgan fingerprint density at radius 1 is 1.38 bits per heavy atom. The molecule has 1 aliphatic rings. The number of carbonyl (C=O) groups excluding carboxylic acids is 1. The molecular formula is C15H18N4O5S2. The molecular weight excluding hydrogens is 380 g/mol. The molecule has 1 aliphatic heterocycles. The lowest BCUT2D eigenvalue weighted by Gasteiger charge is -2.31. The van der Waals surface area contributed by atoms with Gasteiger partial charge in [0, 0.05) is 13.1 Å². The second-order valence-corrected chi connectivity index (χ2v) is 8.59. The van der Waals surface area contributed by atoms with Crippen molar-refractivity contribution in [1.29, 1.82) is 0 Å². The highest BCUT2D eigenvalue weighted by molar-refractivity contribution is 7.89. The average molecular weight is 398 g/mol. The Bertz CT molecular complexity index is 942. The lowest BCUT2D eigenvalue weighted by molar-refractivity contribution is -0.142. The fourth-order valence-electron chi connectivity index (χ4n) is 2.90. The Hall–Kier alpha value is -2.11. The highest BCUT2D eigenvalue weighted by Gasteiger charge is 2.35. The van der Waals surface area contributed by atoms with E-state index < -0.39 is 33.9 Å². The van der Waals surface area contributed by atoms with Gasteiger partial charge in [0.25, 0.3) is 0 Å². The van der Waals surface area contributed by atoms with Crippen molar-refractivity contribution in [3.8, 4) is 0 Å². The molecule has 0 bridgehead atoms. The number of piperidine rings is 1. The monoisotopic (exact) mass is 398 g/mol. The van der Waals surface area contributed by atoms with Crippen LogP contribution in [-0.2, 0) is 19.6 Å². The first kappa shape index (κ1) is 18.7. The van der Waals surface area contributed by atoms with Gasteiger partial charge in [-0.15, -0.1) is 0 Å². The number of carboxylic acid groups (broad SMARTS) is 1. The number of rotatable bonds is 5. The van der Waals surface area contributed by atoms with Gasteiger partial charge in [-0.3, -0.25) is 9.59 Å². The number of carboxylic acids is 1. The molecule has 11 heteroatoms. The van der Waals surface area contributed by atoms with Crippen LogP contribution in [-0.4, -0.2) is 57.6 Å². The summed E-state index contributed by atoms with van der Waals surface area (Å²) < 4.78 is 35.5. The molecule has 0 saturated carbocycles. The number of nitrogens with zero attached hydrogens (tertiary/aromatic N) is 3. The van der Waals surface area contributed by atoms with E-state index in [1.165, 1.54) is 17.3 Å². The maximum absolute atomic E-state index is 13.0. The normalized spacial score (nSPS) is 20.0. The summed E-state index contributed by atoms with van der Waals surface area (Å²) in [5.41, 5.74) is 0.834. The molecule has 140 valence electrons. The zero-order valence-corrected chi connectivity index (χ0v) is 15.6. The van der Waals surface area contributed by atoms with Gasteiger partial charge in [-0.2, -0.15) is 13.1 Å². The van der Waals surface area contributed by atoms with Crippen LogP contribution in [0.3, 0.4) is 0 Å². The van der Waals surface area contributed by atoms with Crippen molar-refractivity contribution >= 4 is 44.7 Å². The van der Waals surface area contributed by atoms with E-state index in [1.54, 1.807) is 12.1 Å². The van der Waals surface area contributed by atoms with E-state index in [4.69, 9.17) is 5.11 Å². The topological polar surface area (TPSA) is 130 Å². The molecule has 0 radical (unpaired) electrons. The maximum Gasteiger partial charge on any atom is 0.325 e. The Kier molecular flexibility index (Phi) is 5.21. The van der Waals surface area contributed by atoms with Crippen LogP contribution in [0.4, 0.5) is 0 Å². The molecule has 0 aliphatic carbocycles. The van der Waals surface area contributed by atoms with Crippen molar-refractivity contribution in [3.63, 3.8) is 0 Å². The average Bonchev–Trinajstić information content (AvgIpc) is 3.10. The number of aromatic nitrogens is 2. The quantitative estimate of drug-likeness (QED) is 0.757. The van der Waals surface area contributed by atoms with Crippen molar-refractivity contribution in [2.45, 2.75) is 30.7 Å². The van der Waals surface area contributed by atoms with E-state index in [2.05, 4.69) is 14.1 Å². The molecule has 1 amide bonds. The summed E-state index contributed by atoms with van der Waals surface area (Å²) in [6, 6.07) is 3.76. The van der Waals surface area contributed by atoms with Crippen LogP contribution in [0.15, 0.2) is 23.1 Å². The van der Waals surface area contributed by atoms with Crippen LogP contribution in [0.1, 0.15) is 19.8 Å². The maximum atomic E-state index is 13.0. The van der Waals surface area contributed by atoms with E-state index >= 15 is 0 Å². The van der Waals surface area contributed by atoms with E-state index in [0.717, 1.165) is 11.7 Å². The first-order valence-corrected chi connectivity index (χ1v) is 10.2. The predicted octanol–water partition coefficient (Wildman–Crippen LogP) is 0.681. The summed E-state index contributed by atoms with van der Waals surface area (Å²) in [7, 11) is -3.83. The number of aliphatic carboxylic acids is 1. The SMILES string of the molecule is C[C@H](NC(=O)C1CCCN(S(=O)(=O)c2cccc3nsnc23)C1)C(=O)O. The summed E-state index contributed by atoms with van der Waals surface area (Å²) in [6.07, 6.45) is 1.02. The highest BCUT2D eigenvalue weighted by atomic mass is 32.2. The molecule has 2 atom stereocenters. The molecule has 2 N–H and O–H groups in total. The Balaban J connectivity index is 1.81. The van der Waals surface area contributed by atoms with Crippen molar-refractivity contribution < 1.29 is 23.1 Å². The summed E-state index contributed by atoms with van der Waals surface area (Å²) in [4.78, 5) is 23.2. The van der Waals surface area contributed by atoms with Crippen LogP contribution in [0, 0.1) is 5.92 Å². The van der Waals surface area contributed by atoms with Gasteiger partial charge in [0.2, 0.25) is 15.9 Å². The van der Waals surface area contributed by atoms with Crippen LogP contribution >= 0.6 is 11.7 Å². The number of benzene rings is 1. The molecule has 1 aromatic heterocycles. The van der Waals surface area contributed by atoms with Gasteiger partial charge in [0.05, 0.1) is 17.6 Å². The minimum Gasteiger partial charge on any atom is -0.480 e. The molecule has 1 fully saturated rings. The minimum atomic E-state index is -3.83. The molecule has 1 aromatic carbocycles. The molecule has 3 rings (SSSR count). The van der Waals surface area contributed by atoms with Gasteiger partial charge in [-0.25, -0.2) is 8.42 Å². The number of fused-ring (bicyclic) bond motifs is 1. The summed E-state index contributed by atoms with van der Waals surface area (Å²) in [6.45, 7) is 1.68. The molecule has 0 spiro atoms. The zero-order chi connectivity index (χ0) is 18.9. The first-order valence-electron chi connectivity index (χ1n) is 8.05. The molecule has 2 aromatic rings. The van der Waals surface area contributed by atoms with Gasteiger partial charge >= 0.3 is 5.97 Å². The van der Waals surface area contributed by atoms with Crippen LogP contribution in [0.5, 0.6) is 0 Å². The lowest BCUT2D eigenvalue weighted by atomic mass is 9.98. The summed E-state index contributed by atoms with van der Waals surface area (Å²) >= 11 is 0.942. The largest absolute Gasteiger partial charge is 0.480 e. The fraction of sp³-hybridized carbons (Fsp3) is 0.467. The third-order valence-electron chi connectivity index (χ3n) is 4.35. The van der Waals surface area contributed by atoms with Crippen LogP contribution in [0.2, 0.25) is 0 Å². The second kappa shape index (κ2) is 7.25. The van der Waals surface area contributed by atoms with Gasteiger partial charge in [0.15, 0.2) is 0 Å². The third-order valence-corrected chi connectivity index (χ3v) is 6.79. The number of nitrogens with one attached hydrogen (secondary N) is 1. The minimum absolute atomic E-state index is 0.00839. The molecule has 2 heterocycles. The van der Waals surface area contributed by atoms with Crippen molar-refractivity contribution in [2.75, 3.05) is 13.1 Å². The molecule has 26 heavy (non-hydrogen) atoms. The lowest BCUT2D eigenvalue weighted by Crippen LogP contribution is -2.48. The Morgan fingerprint density at radius 2 is 2.15 bits per heavy atom. The zero-order valence-electron chi connectivity index (χ0n) is 14.0. The molecule has 9 nitrogen and oxygen atoms in total. The van der Waals surface area contributed by atoms with Gasteiger partial charge in [0.1, 0.15) is 22.0 Å². The smallest absolute Gasteiger partial charge is 0.325 e. The number of sulfonamides is 1. The van der Waals surface area contributed by atoms with Crippen molar-refractivity contribution in [1.82, 2.24) is 18.4 Å². The Labute approximate surface area is 154 Å². The third kappa shape index (κ3) is 3.55. The summed E-state index contributed by atoms with van der Waals surface area (Å²) in [5, 5.41) is 11.3. The fourth-order valence-corrected chi connectivity index (χ4v) is 5.17. The molecule has 1 unspecified atom stereocenters. The van der Waals surface area contributed by atoms with Crippen molar-refractivity contribution in [2.24, 2.45) is 5.92 Å². The van der Waals surface area contributed by atoms with Crippen LogP contribution < -0.4 is 5.32 Å². The molecule has 1 saturated heterocycles. The van der Waals surface area contributed by atoms with E-state index in [1.807, 2.05) is 0 Å². The number of amides is 1. The predicted molar refractivity (Wildman–Crippen MR) is 94.1 cm³/mol. The number of carbonyl (C=O) groups is 2. The van der Waals surface area contributed by atoms with Crippen LogP contribution in [0.25, 0.3) is 11.0 Å². The number of hydrogen-bond donors (Lipinski definition) is 2. The van der Waals surface area contributed by atoms with Crippen molar-refractivity contribution in [3.05, 3.63) is 18.2 Å². The number of hydrogen-bond acceptors (Lipinski definition) is 7. The second-order valence-electron chi connectivity index (χ2n) is 6.16. The summed E-state index contributed by atoms with van der Waals surface area (Å²) in [5.74, 6) is -2.18.